The molecular weight excluding hydrogens is 200 g/mol. The van der Waals surface area contributed by atoms with Crippen molar-refractivity contribution in [2.24, 2.45) is 5.92 Å². The van der Waals surface area contributed by atoms with Crippen molar-refractivity contribution in [2.75, 3.05) is 6.61 Å². The van der Waals surface area contributed by atoms with Crippen LogP contribution in [-0.2, 0) is 9.53 Å². The van der Waals surface area contributed by atoms with Crippen molar-refractivity contribution in [3.05, 3.63) is 12.2 Å². The zero-order valence-electron chi connectivity index (χ0n) is 10.5. The van der Waals surface area contributed by atoms with Crippen molar-refractivity contribution in [2.45, 2.75) is 58.3 Å². The predicted molar refractivity (Wildman–Crippen MR) is 66.2 cm³/mol. The van der Waals surface area contributed by atoms with E-state index in [0.717, 1.165) is 25.7 Å². The lowest BCUT2D eigenvalue weighted by atomic mass is 9.98. The van der Waals surface area contributed by atoms with E-state index in [1.807, 2.05) is 0 Å². The number of esters is 1. The second kappa shape index (κ2) is 7.48. The molecule has 2 heteroatoms. The van der Waals surface area contributed by atoms with Crippen LogP contribution < -0.4 is 0 Å². The number of rotatable bonds is 0. The average Bonchev–Trinajstić information content (AvgIpc) is 2.25. The van der Waals surface area contributed by atoms with Crippen molar-refractivity contribution in [3.63, 3.8) is 0 Å². The lowest BCUT2D eigenvalue weighted by molar-refractivity contribution is -0.145. The van der Waals surface area contributed by atoms with Gasteiger partial charge in [0.05, 0.1) is 6.61 Å². The molecule has 1 saturated heterocycles. The number of allylic oxidation sites excluding steroid dienone is 1. The van der Waals surface area contributed by atoms with Gasteiger partial charge in [-0.2, -0.15) is 0 Å². The Labute approximate surface area is 99.1 Å². The van der Waals surface area contributed by atoms with Gasteiger partial charge in [0.15, 0.2) is 0 Å². The summed E-state index contributed by atoms with van der Waals surface area (Å²) >= 11 is 0. The number of cyclic esters (lactones) is 1. The van der Waals surface area contributed by atoms with E-state index in [-0.39, 0.29) is 5.97 Å². The first-order chi connectivity index (χ1) is 7.68. The number of hydrogen-bond acceptors (Lipinski definition) is 2. The van der Waals surface area contributed by atoms with Gasteiger partial charge in [-0.15, -0.1) is 0 Å². The van der Waals surface area contributed by atoms with Crippen molar-refractivity contribution < 1.29 is 9.53 Å². The summed E-state index contributed by atoms with van der Waals surface area (Å²) in [4.78, 5) is 11.4. The predicted octanol–water partition coefficient (Wildman–Crippen LogP) is 3.86. The highest BCUT2D eigenvalue weighted by Crippen LogP contribution is 2.18. The monoisotopic (exact) mass is 224 g/mol. The minimum atomic E-state index is -0.0308. The Morgan fingerprint density at radius 3 is 2.50 bits per heavy atom. The molecule has 92 valence electrons. The Morgan fingerprint density at radius 2 is 1.75 bits per heavy atom. The maximum atomic E-state index is 11.4. The highest BCUT2D eigenvalue weighted by atomic mass is 16.5. The molecule has 0 bridgehead atoms. The molecule has 2 nitrogen and oxygen atoms in total. The fourth-order valence-corrected chi connectivity index (χ4v) is 2.14. The van der Waals surface area contributed by atoms with E-state index < -0.39 is 0 Å². The van der Waals surface area contributed by atoms with Crippen LogP contribution in [0.5, 0.6) is 0 Å². The molecule has 1 unspecified atom stereocenters. The summed E-state index contributed by atoms with van der Waals surface area (Å²) in [5, 5.41) is 0. The summed E-state index contributed by atoms with van der Waals surface area (Å²) in [5.74, 6) is 0.383. The number of ether oxygens (including phenoxy) is 1. The highest BCUT2D eigenvalue weighted by molar-refractivity contribution is 5.69. The van der Waals surface area contributed by atoms with Gasteiger partial charge < -0.3 is 4.74 Å². The van der Waals surface area contributed by atoms with E-state index in [2.05, 4.69) is 13.5 Å². The zero-order valence-corrected chi connectivity index (χ0v) is 10.5. The van der Waals surface area contributed by atoms with Gasteiger partial charge in [-0.3, -0.25) is 4.79 Å². The van der Waals surface area contributed by atoms with Gasteiger partial charge in [-0.1, -0.05) is 38.3 Å². The quantitative estimate of drug-likeness (QED) is 0.461. The molecule has 1 aliphatic heterocycles. The summed E-state index contributed by atoms with van der Waals surface area (Å²) < 4.78 is 5.24. The second-order valence-electron chi connectivity index (χ2n) is 5.01. The Bertz CT molecular complexity index is 233. The molecule has 0 aromatic heterocycles. The highest BCUT2D eigenvalue weighted by Gasteiger charge is 2.09. The van der Waals surface area contributed by atoms with Crippen LogP contribution in [0.1, 0.15) is 58.3 Å². The molecule has 0 saturated carbocycles. The fraction of sp³-hybridized carbons (Fsp3) is 0.786. The molecule has 1 fully saturated rings. The Balaban J connectivity index is 2.38. The Hall–Kier alpha value is -0.790. The summed E-state index contributed by atoms with van der Waals surface area (Å²) in [7, 11) is 0. The van der Waals surface area contributed by atoms with E-state index in [0.29, 0.717) is 18.9 Å². The number of hydrogen-bond donors (Lipinski definition) is 0. The molecule has 0 N–H and O–H groups in total. The lowest BCUT2D eigenvalue weighted by Gasteiger charge is -2.13. The van der Waals surface area contributed by atoms with E-state index in [1.165, 1.54) is 24.8 Å². The van der Waals surface area contributed by atoms with Crippen molar-refractivity contribution >= 4 is 5.97 Å². The second-order valence-corrected chi connectivity index (χ2v) is 5.01. The Kier molecular flexibility index (Phi) is 6.20. The first-order valence-electron chi connectivity index (χ1n) is 6.50. The van der Waals surface area contributed by atoms with Crippen LogP contribution in [0, 0.1) is 5.92 Å². The third kappa shape index (κ3) is 5.94. The largest absolute Gasteiger partial charge is 0.465 e. The molecule has 0 radical (unpaired) electrons. The zero-order chi connectivity index (χ0) is 11.8. The molecule has 1 heterocycles. The van der Waals surface area contributed by atoms with Gasteiger partial charge in [-0.25, -0.2) is 0 Å². The van der Waals surface area contributed by atoms with Gasteiger partial charge >= 0.3 is 5.97 Å². The van der Waals surface area contributed by atoms with Crippen LogP contribution in [0.3, 0.4) is 0 Å². The summed E-state index contributed by atoms with van der Waals surface area (Å²) in [6.45, 7) is 6.77. The molecule has 0 aliphatic carbocycles. The van der Waals surface area contributed by atoms with Gasteiger partial charge in [0, 0.05) is 6.42 Å². The van der Waals surface area contributed by atoms with Crippen molar-refractivity contribution in [1.29, 1.82) is 0 Å². The molecule has 1 rings (SSSR count). The van der Waals surface area contributed by atoms with Gasteiger partial charge in [0.2, 0.25) is 0 Å². The maximum absolute atomic E-state index is 11.4. The molecule has 16 heavy (non-hydrogen) atoms. The summed E-state index contributed by atoms with van der Waals surface area (Å²) in [5.41, 5.74) is 1.31. The third-order valence-corrected chi connectivity index (χ3v) is 3.08. The van der Waals surface area contributed by atoms with Crippen LogP contribution in [0.4, 0.5) is 0 Å². The number of carbonyl (C=O) groups is 1. The van der Waals surface area contributed by atoms with Crippen LogP contribution >= 0.6 is 0 Å². The Morgan fingerprint density at radius 1 is 1.12 bits per heavy atom. The molecule has 1 atom stereocenters. The van der Waals surface area contributed by atoms with E-state index in [1.54, 1.807) is 0 Å². The number of carbonyl (C=O) groups excluding carboxylic acids is 1. The first kappa shape index (κ1) is 13.3. The van der Waals surface area contributed by atoms with Gasteiger partial charge in [0.1, 0.15) is 0 Å². The standard InChI is InChI=1S/C14H24O2/c1-12-8-6-4-3-5-7-9-14(15)16-11-13(2)10-12/h13H,1,3-11H2,2H3. The van der Waals surface area contributed by atoms with E-state index >= 15 is 0 Å². The lowest BCUT2D eigenvalue weighted by Crippen LogP contribution is -2.12. The minimum Gasteiger partial charge on any atom is -0.465 e. The molecule has 0 amide bonds. The third-order valence-electron chi connectivity index (χ3n) is 3.08. The SMILES string of the molecule is C=C1CCCCCCCC(=O)OCC(C)C1. The van der Waals surface area contributed by atoms with E-state index in [9.17, 15) is 4.79 Å². The molecule has 1 aliphatic rings. The summed E-state index contributed by atoms with van der Waals surface area (Å²) in [6.07, 6.45) is 8.60. The van der Waals surface area contributed by atoms with Gasteiger partial charge in [-0.05, 0) is 31.6 Å². The molecule has 0 aromatic rings. The van der Waals surface area contributed by atoms with Crippen LogP contribution in [0.2, 0.25) is 0 Å². The average molecular weight is 224 g/mol. The van der Waals surface area contributed by atoms with Crippen LogP contribution in [0.15, 0.2) is 12.2 Å². The minimum absolute atomic E-state index is 0.0308. The summed E-state index contributed by atoms with van der Waals surface area (Å²) in [6, 6.07) is 0. The molecule has 0 spiro atoms. The fourth-order valence-electron chi connectivity index (χ4n) is 2.14. The van der Waals surface area contributed by atoms with Crippen molar-refractivity contribution in [3.8, 4) is 0 Å². The molecular formula is C14H24O2. The van der Waals surface area contributed by atoms with E-state index in [4.69, 9.17) is 4.74 Å². The smallest absolute Gasteiger partial charge is 0.305 e. The normalized spacial score (nSPS) is 26.2. The molecule has 0 aromatic carbocycles. The van der Waals surface area contributed by atoms with Crippen molar-refractivity contribution in [1.82, 2.24) is 0 Å². The van der Waals surface area contributed by atoms with Crippen LogP contribution in [-0.4, -0.2) is 12.6 Å². The topological polar surface area (TPSA) is 26.3 Å². The van der Waals surface area contributed by atoms with Crippen LogP contribution in [0.25, 0.3) is 0 Å². The first-order valence-corrected chi connectivity index (χ1v) is 6.50. The van der Waals surface area contributed by atoms with Gasteiger partial charge in [0.25, 0.3) is 0 Å². The maximum Gasteiger partial charge on any atom is 0.305 e.